The summed E-state index contributed by atoms with van der Waals surface area (Å²) in [4.78, 5) is 27.1. The van der Waals surface area contributed by atoms with E-state index in [1.54, 1.807) is 23.6 Å². The zero-order chi connectivity index (χ0) is 13.6. The number of nitrogens with zero attached hydrogens (tertiary/aromatic N) is 1. The fraction of sp³-hybridized carbons (Fsp3) is 0.0769. The van der Waals surface area contributed by atoms with E-state index in [1.807, 2.05) is 13.0 Å². The molecule has 4 nitrogen and oxygen atoms in total. The van der Waals surface area contributed by atoms with Crippen LogP contribution in [0.5, 0.6) is 0 Å². The molecule has 0 saturated heterocycles. The minimum atomic E-state index is -0.419. The van der Waals surface area contributed by atoms with E-state index in [0.29, 0.717) is 15.9 Å². The van der Waals surface area contributed by atoms with Crippen LogP contribution in [0.3, 0.4) is 0 Å². The summed E-state index contributed by atoms with van der Waals surface area (Å²) in [7, 11) is 0. The molecule has 6 heteroatoms. The van der Waals surface area contributed by atoms with Gasteiger partial charge in [0.15, 0.2) is 0 Å². The van der Waals surface area contributed by atoms with Gasteiger partial charge in [-0.3, -0.25) is 4.79 Å². The zero-order valence-electron chi connectivity index (χ0n) is 9.94. The van der Waals surface area contributed by atoms with E-state index in [1.165, 1.54) is 11.3 Å². The van der Waals surface area contributed by atoms with Gasteiger partial charge in [-0.05, 0) is 42.1 Å². The Morgan fingerprint density at radius 3 is 2.79 bits per heavy atom. The molecule has 1 aromatic carbocycles. The number of thiophene rings is 1. The van der Waals surface area contributed by atoms with Gasteiger partial charge in [0.1, 0.15) is 4.70 Å². The van der Waals surface area contributed by atoms with Gasteiger partial charge in [-0.25, -0.2) is 9.36 Å². The predicted octanol–water partition coefficient (Wildman–Crippen LogP) is 2.81. The number of fused-ring (bicyclic) bond motifs is 1. The zero-order valence-corrected chi connectivity index (χ0v) is 12.3. The highest BCUT2D eigenvalue weighted by atomic mass is 79.9. The van der Waals surface area contributed by atoms with Crippen LogP contribution in [0.1, 0.15) is 5.56 Å². The lowest BCUT2D eigenvalue weighted by molar-refractivity contribution is 0.902. The Kier molecular flexibility index (Phi) is 2.91. The molecule has 19 heavy (non-hydrogen) atoms. The Labute approximate surface area is 120 Å². The van der Waals surface area contributed by atoms with E-state index >= 15 is 0 Å². The number of hydrogen-bond acceptors (Lipinski definition) is 3. The van der Waals surface area contributed by atoms with E-state index in [4.69, 9.17) is 0 Å². The molecule has 3 rings (SSSR count). The molecule has 0 radical (unpaired) electrons. The van der Waals surface area contributed by atoms with Crippen molar-refractivity contribution < 1.29 is 0 Å². The molecule has 0 spiro atoms. The third-order valence-electron chi connectivity index (χ3n) is 2.91. The van der Waals surface area contributed by atoms with E-state index < -0.39 is 5.69 Å². The van der Waals surface area contributed by atoms with Crippen LogP contribution < -0.4 is 11.2 Å². The number of aromatic nitrogens is 2. The third kappa shape index (κ3) is 1.97. The second-order valence-corrected chi connectivity index (χ2v) is 5.94. The van der Waals surface area contributed by atoms with Gasteiger partial charge < -0.3 is 4.98 Å². The number of aromatic amines is 1. The fourth-order valence-electron chi connectivity index (χ4n) is 1.94. The molecule has 0 aliphatic rings. The molecule has 0 fully saturated rings. The highest BCUT2D eigenvalue weighted by Gasteiger charge is 2.10. The van der Waals surface area contributed by atoms with Crippen molar-refractivity contribution in [3.05, 3.63) is 60.5 Å². The first-order valence-corrected chi connectivity index (χ1v) is 7.24. The fourth-order valence-corrected chi connectivity index (χ4v) is 2.97. The first-order valence-electron chi connectivity index (χ1n) is 5.57. The summed E-state index contributed by atoms with van der Waals surface area (Å²) < 4.78 is 2.66. The Hall–Kier alpha value is -1.66. The van der Waals surface area contributed by atoms with Crippen molar-refractivity contribution in [2.75, 3.05) is 0 Å². The van der Waals surface area contributed by atoms with Crippen LogP contribution in [0.4, 0.5) is 0 Å². The van der Waals surface area contributed by atoms with Gasteiger partial charge in [-0.1, -0.05) is 15.9 Å². The second-order valence-electron chi connectivity index (χ2n) is 4.17. The average molecular weight is 337 g/mol. The molecule has 2 aromatic heterocycles. The molecule has 0 bridgehead atoms. The largest absolute Gasteiger partial charge is 0.333 e. The lowest BCUT2D eigenvalue weighted by atomic mass is 10.2. The van der Waals surface area contributed by atoms with Gasteiger partial charge in [0.05, 0.1) is 11.2 Å². The Morgan fingerprint density at radius 1 is 1.26 bits per heavy atom. The van der Waals surface area contributed by atoms with Crippen molar-refractivity contribution in [3.63, 3.8) is 0 Å². The molecule has 0 aliphatic carbocycles. The summed E-state index contributed by atoms with van der Waals surface area (Å²) in [5, 5.41) is 1.79. The normalized spacial score (nSPS) is 11.1. The van der Waals surface area contributed by atoms with E-state index in [9.17, 15) is 9.59 Å². The highest BCUT2D eigenvalue weighted by molar-refractivity contribution is 9.10. The quantitative estimate of drug-likeness (QED) is 0.742. The van der Waals surface area contributed by atoms with Crippen LogP contribution in [0.2, 0.25) is 0 Å². The van der Waals surface area contributed by atoms with Gasteiger partial charge in [0, 0.05) is 4.47 Å². The highest BCUT2D eigenvalue weighted by Crippen LogP contribution is 2.19. The summed E-state index contributed by atoms with van der Waals surface area (Å²) >= 11 is 4.73. The SMILES string of the molecule is Cc1cc(-n2c(=O)[nH]c3ccsc3c2=O)ccc1Br. The third-order valence-corrected chi connectivity index (χ3v) is 4.70. The molecule has 96 valence electrons. The number of aryl methyl sites for hydroxylation is 1. The van der Waals surface area contributed by atoms with Crippen LogP contribution in [0.25, 0.3) is 15.9 Å². The van der Waals surface area contributed by atoms with Crippen LogP contribution in [-0.2, 0) is 0 Å². The van der Waals surface area contributed by atoms with Crippen molar-refractivity contribution in [1.82, 2.24) is 9.55 Å². The summed E-state index contributed by atoms with van der Waals surface area (Å²) in [5.74, 6) is 0. The van der Waals surface area contributed by atoms with Crippen molar-refractivity contribution in [2.24, 2.45) is 0 Å². The number of rotatable bonds is 1. The molecule has 1 N–H and O–H groups in total. The molecule has 0 atom stereocenters. The van der Waals surface area contributed by atoms with Crippen molar-refractivity contribution in [1.29, 1.82) is 0 Å². The van der Waals surface area contributed by atoms with Crippen LogP contribution in [0, 0.1) is 6.92 Å². The first kappa shape index (κ1) is 12.4. The van der Waals surface area contributed by atoms with E-state index in [0.717, 1.165) is 14.6 Å². The Morgan fingerprint density at radius 2 is 2.05 bits per heavy atom. The van der Waals surface area contributed by atoms with Gasteiger partial charge in [0.25, 0.3) is 5.56 Å². The molecule has 0 amide bonds. The minimum Gasteiger partial charge on any atom is -0.306 e. The van der Waals surface area contributed by atoms with E-state index in [2.05, 4.69) is 20.9 Å². The second kappa shape index (κ2) is 4.47. The molecule has 2 heterocycles. The Balaban J connectivity index is 2.38. The monoisotopic (exact) mass is 336 g/mol. The van der Waals surface area contributed by atoms with Crippen LogP contribution in [0.15, 0.2) is 43.7 Å². The lowest BCUT2D eigenvalue weighted by Crippen LogP contribution is -2.33. The molecule has 0 saturated carbocycles. The number of hydrogen-bond donors (Lipinski definition) is 1. The molecule has 0 aliphatic heterocycles. The maximum atomic E-state index is 12.3. The molecular formula is C13H9BrN2O2S. The minimum absolute atomic E-state index is 0.282. The smallest absolute Gasteiger partial charge is 0.306 e. The van der Waals surface area contributed by atoms with Gasteiger partial charge in [-0.15, -0.1) is 11.3 Å². The standard InChI is InChI=1S/C13H9BrN2O2S/c1-7-6-8(2-3-9(7)14)16-12(17)11-10(4-5-19-11)15-13(16)18/h2-6H,1H3,(H,15,18). The van der Waals surface area contributed by atoms with Crippen LogP contribution >= 0.6 is 27.3 Å². The summed E-state index contributed by atoms with van der Waals surface area (Å²) in [6.07, 6.45) is 0. The summed E-state index contributed by atoms with van der Waals surface area (Å²) in [5.41, 5.74) is 1.43. The van der Waals surface area contributed by atoms with Crippen LogP contribution in [-0.4, -0.2) is 9.55 Å². The summed E-state index contributed by atoms with van der Waals surface area (Å²) in [6, 6.07) is 7.11. The summed E-state index contributed by atoms with van der Waals surface area (Å²) in [6.45, 7) is 1.91. The molecular weight excluding hydrogens is 328 g/mol. The van der Waals surface area contributed by atoms with Crippen molar-refractivity contribution >= 4 is 37.5 Å². The number of halogens is 1. The predicted molar refractivity (Wildman–Crippen MR) is 80.5 cm³/mol. The molecule has 0 unspecified atom stereocenters. The number of nitrogens with one attached hydrogen (secondary N) is 1. The average Bonchev–Trinajstić information content (AvgIpc) is 2.82. The molecule has 3 aromatic rings. The maximum absolute atomic E-state index is 12.3. The first-order chi connectivity index (χ1) is 9.08. The van der Waals surface area contributed by atoms with Crippen molar-refractivity contribution in [2.45, 2.75) is 6.92 Å². The Bertz CT molecular complexity index is 892. The number of benzene rings is 1. The van der Waals surface area contributed by atoms with Crippen molar-refractivity contribution in [3.8, 4) is 5.69 Å². The van der Waals surface area contributed by atoms with Gasteiger partial charge in [0.2, 0.25) is 0 Å². The maximum Gasteiger partial charge on any atom is 0.333 e. The van der Waals surface area contributed by atoms with E-state index in [-0.39, 0.29) is 5.56 Å². The van der Waals surface area contributed by atoms with Gasteiger partial charge in [-0.2, -0.15) is 0 Å². The lowest BCUT2D eigenvalue weighted by Gasteiger charge is -2.06. The number of H-pyrrole nitrogens is 1. The van der Waals surface area contributed by atoms with Gasteiger partial charge >= 0.3 is 5.69 Å². The topological polar surface area (TPSA) is 54.9 Å².